The molecule has 1 aromatic heterocycles. The van der Waals surface area contributed by atoms with E-state index < -0.39 is 0 Å². The van der Waals surface area contributed by atoms with Gasteiger partial charge in [0.1, 0.15) is 17.9 Å². The number of aromatic nitrogens is 1. The van der Waals surface area contributed by atoms with Gasteiger partial charge < -0.3 is 10.1 Å². The van der Waals surface area contributed by atoms with E-state index in [2.05, 4.69) is 26.2 Å². The highest BCUT2D eigenvalue weighted by atomic mass is 79.9. The molecule has 0 aliphatic carbocycles. The average molecular weight is 468 g/mol. The number of ether oxygens (including phenoxy) is 1. The Labute approximate surface area is 176 Å². The number of hydrogen-bond donors (Lipinski definition) is 1. The number of carbonyl (C=O) groups excluding carboxylic acids is 1. The predicted molar refractivity (Wildman–Crippen MR) is 114 cm³/mol. The van der Waals surface area contributed by atoms with Gasteiger partial charge in [-0.3, -0.25) is 4.79 Å². The Balaban J connectivity index is 1.86. The Hall–Kier alpha value is -1.82. The van der Waals surface area contributed by atoms with Crippen LogP contribution >= 0.6 is 39.1 Å². The first-order chi connectivity index (χ1) is 13.0. The molecule has 1 heterocycles. The fraction of sp³-hybridized carbons (Fsp3) is 0.200. The zero-order valence-corrected chi connectivity index (χ0v) is 17.7. The Morgan fingerprint density at radius 2 is 2.00 bits per heavy atom. The SMILES string of the molecule is Cc1ccc2cccc(OCc3c(Cl)ccc(NC(=O)CCBr)c3Cl)c2n1. The lowest BCUT2D eigenvalue weighted by Gasteiger charge is -2.14. The van der Waals surface area contributed by atoms with Crippen LogP contribution in [0, 0.1) is 6.92 Å². The Bertz CT molecular complexity index is 995. The normalized spacial score (nSPS) is 10.8. The van der Waals surface area contributed by atoms with Gasteiger partial charge in [0.15, 0.2) is 0 Å². The van der Waals surface area contributed by atoms with Gasteiger partial charge in [0, 0.05) is 33.4 Å². The van der Waals surface area contributed by atoms with E-state index in [1.807, 2.05) is 37.3 Å². The fourth-order valence-corrected chi connectivity index (χ4v) is 3.50. The maximum Gasteiger partial charge on any atom is 0.225 e. The quantitative estimate of drug-likeness (QED) is 0.442. The lowest BCUT2D eigenvalue weighted by Crippen LogP contribution is -2.12. The van der Waals surface area contributed by atoms with Crippen molar-refractivity contribution in [2.45, 2.75) is 20.0 Å². The third kappa shape index (κ3) is 4.72. The van der Waals surface area contributed by atoms with Crippen molar-refractivity contribution in [2.24, 2.45) is 0 Å². The maximum absolute atomic E-state index is 11.8. The number of aryl methyl sites for hydroxylation is 1. The number of halogens is 3. The third-order valence-electron chi connectivity index (χ3n) is 3.98. The van der Waals surface area contributed by atoms with Crippen LogP contribution in [0.1, 0.15) is 17.7 Å². The van der Waals surface area contributed by atoms with Gasteiger partial charge in [0.25, 0.3) is 0 Å². The summed E-state index contributed by atoms with van der Waals surface area (Å²) in [6.07, 6.45) is 0.353. The number of hydrogen-bond acceptors (Lipinski definition) is 3. The standard InChI is InChI=1S/C20H17BrCl2N2O2/c1-12-5-6-13-3-2-4-17(20(13)24-12)27-11-14-15(22)7-8-16(19(14)23)25-18(26)9-10-21/h2-8H,9-11H2,1H3,(H,25,26). The van der Waals surface area contributed by atoms with Gasteiger partial charge in [-0.25, -0.2) is 4.98 Å². The topological polar surface area (TPSA) is 51.2 Å². The Kier molecular flexibility index (Phi) is 6.58. The van der Waals surface area contributed by atoms with Crippen molar-refractivity contribution in [1.29, 1.82) is 0 Å². The van der Waals surface area contributed by atoms with Crippen LogP contribution in [-0.4, -0.2) is 16.2 Å². The largest absolute Gasteiger partial charge is 0.487 e. The Morgan fingerprint density at radius 1 is 1.19 bits per heavy atom. The molecule has 0 aliphatic rings. The minimum absolute atomic E-state index is 0.128. The number of nitrogens with one attached hydrogen (secondary N) is 1. The number of benzene rings is 2. The molecule has 0 aliphatic heterocycles. The molecule has 0 atom stereocenters. The number of fused-ring (bicyclic) bond motifs is 1. The minimum Gasteiger partial charge on any atom is -0.487 e. The van der Waals surface area contributed by atoms with Crippen LogP contribution in [0.25, 0.3) is 10.9 Å². The maximum atomic E-state index is 11.8. The molecule has 3 rings (SSSR count). The molecule has 0 radical (unpaired) electrons. The second-order valence-electron chi connectivity index (χ2n) is 5.94. The van der Waals surface area contributed by atoms with Crippen molar-refractivity contribution in [3.63, 3.8) is 0 Å². The summed E-state index contributed by atoms with van der Waals surface area (Å²) in [5.41, 5.74) is 2.81. The summed E-state index contributed by atoms with van der Waals surface area (Å²) < 4.78 is 5.98. The van der Waals surface area contributed by atoms with Gasteiger partial charge in [-0.15, -0.1) is 0 Å². The highest BCUT2D eigenvalue weighted by Crippen LogP contribution is 2.33. The number of alkyl halides is 1. The molecule has 140 valence electrons. The molecular weight excluding hydrogens is 451 g/mol. The lowest BCUT2D eigenvalue weighted by atomic mass is 10.2. The highest BCUT2D eigenvalue weighted by Gasteiger charge is 2.14. The van der Waals surface area contributed by atoms with Crippen LogP contribution in [0.2, 0.25) is 10.0 Å². The average Bonchev–Trinajstić information content (AvgIpc) is 2.64. The summed E-state index contributed by atoms with van der Waals surface area (Å²) in [6.45, 7) is 2.09. The smallest absolute Gasteiger partial charge is 0.225 e. The van der Waals surface area contributed by atoms with Crippen LogP contribution in [0.5, 0.6) is 5.75 Å². The zero-order chi connectivity index (χ0) is 19.4. The number of anilines is 1. The van der Waals surface area contributed by atoms with Gasteiger partial charge in [0.2, 0.25) is 5.91 Å². The number of para-hydroxylation sites is 1. The number of amides is 1. The molecule has 3 aromatic rings. The van der Waals surface area contributed by atoms with Crippen molar-refractivity contribution in [1.82, 2.24) is 4.98 Å². The second kappa shape index (κ2) is 8.91. The number of carbonyl (C=O) groups is 1. The van der Waals surface area contributed by atoms with Gasteiger partial charge in [-0.05, 0) is 31.2 Å². The molecule has 0 unspecified atom stereocenters. The summed E-state index contributed by atoms with van der Waals surface area (Å²) >= 11 is 16.0. The van der Waals surface area contributed by atoms with Gasteiger partial charge in [-0.2, -0.15) is 0 Å². The molecule has 7 heteroatoms. The van der Waals surface area contributed by atoms with Gasteiger partial charge >= 0.3 is 0 Å². The summed E-state index contributed by atoms with van der Waals surface area (Å²) in [5, 5.41) is 5.20. The number of pyridine rings is 1. The first kappa shape index (κ1) is 19.9. The van der Waals surface area contributed by atoms with E-state index in [0.29, 0.717) is 38.8 Å². The summed E-state index contributed by atoms with van der Waals surface area (Å²) in [5.74, 6) is 0.522. The summed E-state index contributed by atoms with van der Waals surface area (Å²) in [6, 6.07) is 13.1. The summed E-state index contributed by atoms with van der Waals surface area (Å²) in [7, 11) is 0. The predicted octanol–water partition coefficient (Wildman–Crippen LogP) is 6.15. The molecule has 0 saturated carbocycles. The molecular formula is C20H17BrCl2N2O2. The molecule has 2 aromatic carbocycles. The van der Waals surface area contributed by atoms with Crippen molar-refractivity contribution in [2.75, 3.05) is 10.6 Å². The molecule has 1 N–H and O–H groups in total. The Morgan fingerprint density at radius 3 is 2.78 bits per heavy atom. The first-order valence-electron chi connectivity index (χ1n) is 8.31. The minimum atomic E-state index is -0.128. The van der Waals surface area contributed by atoms with E-state index in [4.69, 9.17) is 27.9 Å². The molecule has 0 spiro atoms. The molecule has 0 fully saturated rings. The van der Waals surface area contributed by atoms with Crippen molar-refractivity contribution in [3.8, 4) is 5.75 Å². The molecule has 0 saturated heterocycles. The fourth-order valence-electron chi connectivity index (χ4n) is 2.61. The molecule has 4 nitrogen and oxygen atoms in total. The molecule has 0 bridgehead atoms. The van der Waals surface area contributed by atoms with Crippen LogP contribution in [-0.2, 0) is 11.4 Å². The summed E-state index contributed by atoms with van der Waals surface area (Å²) in [4.78, 5) is 16.4. The number of rotatable bonds is 6. The van der Waals surface area contributed by atoms with Gasteiger partial charge in [0.05, 0.1) is 10.7 Å². The van der Waals surface area contributed by atoms with Crippen molar-refractivity contribution in [3.05, 3.63) is 63.8 Å². The lowest BCUT2D eigenvalue weighted by molar-refractivity contribution is -0.115. The highest BCUT2D eigenvalue weighted by molar-refractivity contribution is 9.09. The second-order valence-corrected chi connectivity index (χ2v) is 7.52. The van der Waals surface area contributed by atoms with Crippen LogP contribution in [0.3, 0.4) is 0 Å². The van der Waals surface area contributed by atoms with E-state index >= 15 is 0 Å². The van der Waals surface area contributed by atoms with Crippen LogP contribution in [0.15, 0.2) is 42.5 Å². The third-order valence-corrected chi connectivity index (χ3v) is 5.16. The van der Waals surface area contributed by atoms with Gasteiger partial charge in [-0.1, -0.05) is 57.3 Å². The van der Waals surface area contributed by atoms with E-state index in [9.17, 15) is 4.79 Å². The van der Waals surface area contributed by atoms with Crippen LogP contribution in [0.4, 0.5) is 5.69 Å². The van der Waals surface area contributed by atoms with Crippen molar-refractivity contribution < 1.29 is 9.53 Å². The monoisotopic (exact) mass is 466 g/mol. The van der Waals surface area contributed by atoms with E-state index in [-0.39, 0.29) is 12.5 Å². The van der Waals surface area contributed by atoms with E-state index in [0.717, 1.165) is 16.6 Å². The zero-order valence-electron chi connectivity index (χ0n) is 14.6. The van der Waals surface area contributed by atoms with Crippen LogP contribution < -0.4 is 10.1 Å². The van der Waals surface area contributed by atoms with E-state index in [1.165, 1.54) is 0 Å². The number of nitrogens with zero attached hydrogens (tertiary/aromatic N) is 1. The molecule has 27 heavy (non-hydrogen) atoms. The van der Waals surface area contributed by atoms with E-state index in [1.54, 1.807) is 12.1 Å². The molecule has 1 amide bonds. The van der Waals surface area contributed by atoms with Crippen molar-refractivity contribution >= 4 is 61.6 Å². The first-order valence-corrected chi connectivity index (χ1v) is 10.2.